The molecule has 19 heavy (non-hydrogen) atoms. The number of hydrogen-bond donors (Lipinski definition) is 0. The molecule has 2 fully saturated rings. The molecule has 1 saturated heterocycles. The van der Waals surface area contributed by atoms with Crippen molar-refractivity contribution < 1.29 is 13.2 Å². The molecule has 0 N–H and O–H groups in total. The monoisotopic (exact) mass is 277 g/mol. The minimum absolute atomic E-state index is 0.211. The first-order chi connectivity index (χ1) is 8.64. The lowest BCUT2D eigenvalue weighted by Gasteiger charge is -2.54. The van der Waals surface area contributed by atoms with Gasteiger partial charge in [-0.1, -0.05) is 33.6 Å². The van der Waals surface area contributed by atoms with E-state index in [2.05, 4.69) is 11.8 Å². The summed E-state index contributed by atoms with van der Waals surface area (Å²) in [6.45, 7) is 7.55. The maximum atomic E-state index is 12.8. The van der Waals surface area contributed by atoms with E-state index in [1.54, 1.807) is 0 Å². The van der Waals surface area contributed by atoms with Crippen LogP contribution in [0.3, 0.4) is 0 Å². The van der Waals surface area contributed by atoms with Crippen LogP contribution >= 0.6 is 0 Å². The Morgan fingerprint density at radius 3 is 2.11 bits per heavy atom. The molecule has 112 valence electrons. The van der Waals surface area contributed by atoms with E-state index < -0.39 is 11.6 Å². The summed E-state index contributed by atoms with van der Waals surface area (Å²) in [5.74, 6) is 0.837. The van der Waals surface area contributed by atoms with Gasteiger partial charge in [0.2, 0.25) is 0 Å². The average Bonchev–Trinajstić information content (AvgIpc) is 2.24. The summed E-state index contributed by atoms with van der Waals surface area (Å²) in [5.41, 5.74) is -1.11. The van der Waals surface area contributed by atoms with Crippen LogP contribution in [0.5, 0.6) is 0 Å². The van der Waals surface area contributed by atoms with Gasteiger partial charge in [-0.05, 0) is 37.1 Å². The zero-order valence-electron chi connectivity index (χ0n) is 12.3. The average molecular weight is 277 g/mol. The van der Waals surface area contributed by atoms with Crippen LogP contribution in [0.4, 0.5) is 13.2 Å². The molecule has 1 nitrogen and oxygen atoms in total. The molecule has 0 aromatic rings. The maximum Gasteiger partial charge on any atom is 0.394 e. The van der Waals surface area contributed by atoms with Gasteiger partial charge in [0, 0.05) is 13.1 Å². The van der Waals surface area contributed by atoms with Gasteiger partial charge in [0.15, 0.2) is 0 Å². The number of nitrogens with zero attached hydrogens (tertiary/aromatic N) is 1. The van der Waals surface area contributed by atoms with Crippen molar-refractivity contribution in [1.29, 1.82) is 0 Å². The van der Waals surface area contributed by atoms with Crippen LogP contribution in [-0.4, -0.2) is 30.7 Å². The summed E-state index contributed by atoms with van der Waals surface area (Å²) in [5, 5.41) is 0. The lowest BCUT2D eigenvalue weighted by atomic mass is 9.66. The summed E-state index contributed by atoms with van der Waals surface area (Å²) in [6, 6.07) is 0. The fourth-order valence-electron chi connectivity index (χ4n) is 3.33. The van der Waals surface area contributed by atoms with Crippen molar-refractivity contribution in [2.75, 3.05) is 19.6 Å². The fourth-order valence-corrected chi connectivity index (χ4v) is 3.33. The first-order valence-electron chi connectivity index (χ1n) is 7.43. The van der Waals surface area contributed by atoms with E-state index >= 15 is 0 Å². The minimum Gasteiger partial charge on any atom is -0.302 e. The fraction of sp³-hybridized carbons (Fsp3) is 1.00. The standard InChI is InChI=1S/C15H26F3N/c1-12-4-6-14(7-5-12)10-19(11-14)9-8-13(2,3)15(16,17)18/h12H,4-11H2,1-3H3. The second kappa shape index (κ2) is 4.94. The highest BCUT2D eigenvalue weighted by Crippen LogP contribution is 2.46. The third kappa shape index (κ3) is 3.26. The van der Waals surface area contributed by atoms with Crippen LogP contribution in [0.1, 0.15) is 52.9 Å². The van der Waals surface area contributed by atoms with Gasteiger partial charge in [0.05, 0.1) is 5.41 Å². The second-order valence-electron chi connectivity index (χ2n) is 7.52. The Morgan fingerprint density at radius 1 is 1.11 bits per heavy atom. The lowest BCUT2D eigenvalue weighted by molar-refractivity contribution is -0.216. The van der Waals surface area contributed by atoms with Crippen molar-refractivity contribution in [2.24, 2.45) is 16.7 Å². The number of alkyl halides is 3. The van der Waals surface area contributed by atoms with Crippen molar-refractivity contribution in [3.8, 4) is 0 Å². The Kier molecular flexibility index (Phi) is 3.94. The van der Waals surface area contributed by atoms with E-state index in [4.69, 9.17) is 0 Å². The Balaban J connectivity index is 1.74. The van der Waals surface area contributed by atoms with Gasteiger partial charge in [0.25, 0.3) is 0 Å². The van der Waals surface area contributed by atoms with Crippen LogP contribution in [0, 0.1) is 16.7 Å². The van der Waals surface area contributed by atoms with E-state index in [0.717, 1.165) is 19.0 Å². The topological polar surface area (TPSA) is 3.24 Å². The highest BCUT2D eigenvalue weighted by molar-refractivity contribution is 4.97. The van der Waals surface area contributed by atoms with E-state index in [9.17, 15) is 13.2 Å². The second-order valence-corrected chi connectivity index (χ2v) is 7.52. The molecule has 1 aliphatic carbocycles. The molecule has 0 amide bonds. The van der Waals surface area contributed by atoms with Gasteiger partial charge in [-0.2, -0.15) is 13.2 Å². The first kappa shape index (κ1) is 15.1. The predicted octanol–water partition coefficient (Wildman–Crippen LogP) is 4.48. The summed E-state index contributed by atoms with van der Waals surface area (Å²) >= 11 is 0. The van der Waals surface area contributed by atoms with E-state index in [1.165, 1.54) is 39.5 Å². The Morgan fingerprint density at radius 2 is 1.63 bits per heavy atom. The van der Waals surface area contributed by atoms with Gasteiger partial charge < -0.3 is 4.90 Å². The molecular weight excluding hydrogens is 251 g/mol. The number of likely N-dealkylation sites (tertiary alicyclic amines) is 1. The van der Waals surface area contributed by atoms with E-state index in [0.29, 0.717) is 12.0 Å². The summed E-state index contributed by atoms with van der Waals surface area (Å²) in [4.78, 5) is 2.21. The molecule has 1 heterocycles. The zero-order chi connectivity index (χ0) is 14.3. The molecule has 0 bridgehead atoms. The van der Waals surface area contributed by atoms with Crippen LogP contribution < -0.4 is 0 Å². The van der Waals surface area contributed by atoms with Crippen molar-refractivity contribution >= 4 is 0 Å². The summed E-state index contributed by atoms with van der Waals surface area (Å²) in [7, 11) is 0. The van der Waals surface area contributed by atoms with Gasteiger partial charge in [-0.3, -0.25) is 0 Å². The normalized spacial score (nSPS) is 25.6. The molecule has 2 aliphatic rings. The van der Waals surface area contributed by atoms with Crippen LogP contribution in [0.25, 0.3) is 0 Å². The van der Waals surface area contributed by atoms with Crippen LogP contribution in [0.15, 0.2) is 0 Å². The van der Waals surface area contributed by atoms with E-state index in [-0.39, 0.29) is 6.42 Å². The molecule has 0 radical (unpaired) electrons. The number of hydrogen-bond acceptors (Lipinski definition) is 1. The molecule has 1 saturated carbocycles. The first-order valence-corrected chi connectivity index (χ1v) is 7.43. The quantitative estimate of drug-likeness (QED) is 0.735. The molecule has 0 atom stereocenters. The smallest absolute Gasteiger partial charge is 0.302 e. The SMILES string of the molecule is CC1CCC2(CC1)CN(CCC(C)(C)C(F)(F)F)C2. The Bertz CT molecular complexity index is 306. The highest BCUT2D eigenvalue weighted by Gasteiger charge is 2.49. The molecule has 0 aromatic carbocycles. The third-order valence-corrected chi connectivity index (χ3v) is 5.27. The molecular formula is C15H26F3N. The largest absolute Gasteiger partial charge is 0.394 e. The minimum atomic E-state index is -4.09. The highest BCUT2D eigenvalue weighted by atomic mass is 19.4. The van der Waals surface area contributed by atoms with Gasteiger partial charge >= 0.3 is 6.18 Å². The van der Waals surface area contributed by atoms with Crippen molar-refractivity contribution in [1.82, 2.24) is 4.90 Å². The molecule has 1 aliphatic heterocycles. The number of rotatable bonds is 3. The summed E-state index contributed by atoms with van der Waals surface area (Å²) in [6.07, 6.45) is 1.25. The third-order valence-electron chi connectivity index (χ3n) is 5.27. The van der Waals surface area contributed by atoms with Gasteiger partial charge in [0.1, 0.15) is 0 Å². The van der Waals surface area contributed by atoms with Crippen molar-refractivity contribution in [3.05, 3.63) is 0 Å². The predicted molar refractivity (Wildman–Crippen MR) is 71.0 cm³/mol. The zero-order valence-corrected chi connectivity index (χ0v) is 12.3. The lowest BCUT2D eigenvalue weighted by Crippen LogP contribution is -2.58. The van der Waals surface area contributed by atoms with Crippen molar-refractivity contribution in [2.45, 2.75) is 59.1 Å². The summed E-state index contributed by atoms with van der Waals surface area (Å²) < 4.78 is 38.3. The Labute approximate surface area is 114 Å². The van der Waals surface area contributed by atoms with E-state index in [1.807, 2.05) is 0 Å². The molecule has 1 spiro atoms. The van der Waals surface area contributed by atoms with Gasteiger partial charge in [-0.15, -0.1) is 0 Å². The Hall–Kier alpha value is -0.250. The maximum absolute atomic E-state index is 12.8. The van der Waals surface area contributed by atoms with Gasteiger partial charge in [-0.25, -0.2) is 0 Å². The van der Waals surface area contributed by atoms with Crippen LogP contribution in [-0.2, 0) is 0 Å². The van der Waals surface area contributed by atoms with Crippen molar-refractivity contribution in [3.63, 3.8) is 0 Å². The van der Waals surface area contributed by atoms with Crippen LogP contribution in [0.2, 0.25) is 0 Å². The molecule has 0 aromatic heterocycles. The molecule has 0 unspecified atom stereocenters. The molecule has 2 rings (SSSR count). The molecule has 4 heteroatoms. The number of halogens is 3.